The summed E-state index contributed by atoms with van der Waals surface area (Å²) >= 11 is 2.57. The van der Waals surface area contributed by atoms with E-state index in [0.717, 1.165) is 22.7 Å². The molecule has 1 atom stereocenters. The van der Waals surface area contributed by atoms with Gasteiger partial charge in [-0.1, -0.05) is 34.7 Å². The first-order chi connectivity index (χ1) is 8.31. The van der Waals surface area contributed by atoms with Gasteiger partial charge in [-0.25, -0.2) is 0 Å². The van der Waals surface area contributed by atoms with E-state index in [4.69, 9.17) is 4.74 Å². The predicted octanol–water partition coefficient (Wildman–Crippen LogP) is 2.67. The highest BCUT2D eigenvalue weighted by atomic mass is 127. The van der Waals surface area contributed by atoms with Gasteiger partial charge >= 0.3 is 0 Å². The number of nitrogens with zero attached hydrogens (tertiary/aromatic N) is 1. The molecule has 1 aromatic rings. The lowest BCUT2D eigenvalue weighted by molar-refractivity contribution is 0.345. The van der Waals surface area contributed by atoms with Gasteiger partial charge in [0.25, 0.3) is 0 Å². The van der Waals surface area contributed by atoms with Gasteiger partial charge in [-0.05, 0) is 36.6 Å². The van der Waals surface area contributed by atoms with Gasteiger partial charge in [-0.2, -0.15) is 0 Å². The molecule has 3 rings (SSSR count). The zero-order valence-electron chi connectivity index (χ0n) is 9.99. The summed E-state index contributed by atoms with van der Waals surface area (Å²) in [5.41, 5.74) is 2.86. The largest absolute Gasteiger partial charge is 0.493 e. The first-order valence-electron chi connectivity index (χ1n) is 6.42. The summed E-state index contributed by atoms with van der Waals surface area (Å²) in [5, 5.41) is 0. The maximum absolute atomic E-state index is 5.53. The van der Waals surface area contributed by atoms with Crippen LogP contribution in [0.25, 0.3) is 0 Å². The molecule has 0 aromatic heterocycles. The molecule has 1 aromatic carbocycles. The molecule has 0 N–H and O–H groups in total. The van der Waals surface area contributed by atoms with E-state index in [2.05, 4.69) is 45.7 Å². The molecule has 0 saturated carbocycles. The summed E-state index contributed by atoms with van der Waals surface area (Å²) in [7, 11) is 0. The quantitative estimate of drug-likeness (QED) is 0.618. The Morgan fingerprint density at radius 1 is 1.41 bits per heavy atom. The lowest BCUT2D eigenvalue weighted by Gasteiger charge is -2.14. The minimum Gasteiger partial charge on any atom is -0.493 e. The molecule has 2 heterocycles. The Hall–Kier alpha value is -0.290. The van der Waals surface area contributed by atoms with Crippen LogP contribution >= 0.6 is 22.6 Å². The summed E-state index contributed by atoms with van der Waals surface area (Å²) in [6.45, 7) is 4.62. The van der Waals surface area contributed by atoms with Gasteiger partial charge < -0.3 is 9.64 Å². The van der Waals surface area contributed by atoms with Crippen molar-refractivity contribution < 1.29 is 4.74 Å². The minimum atomic E-state index is 0.862. The Morgan fingerprint density at radius 2 is 2.35 bits per heavy atom. The highest BCUT2D eigenvalue weighted by molar-refractivity contribution is 14.1. The molecule has 2 aliphatic heterocycles. The molecular formula is C14H18INO. The standard InChI is InChI=1S/C14H18INO/c15-13-4-7-16(10-13)6-3-11-1-2-14-12(9-11)5-8-17-14/h1-2,9,13H,3-8,10H2/t13-/m0/s1. The molecule has 2 nitrogen and oxygen atoms in total. The third-order valence-corrected chi connectivity index (χ3v) is 4.70. The van der Waals surface area contributed by atoms with Crippen molar-refractivity contribution in [2.75, 3.05) is 26.2 Å². The molecule has 2 aliphatic rings. The fourth-order valence-electron chi connectivity index (χ4n) is 2.67. The van der Waals surface area contributed by atoms with Crippen molar-refractivity contribution in [2.24, 2.45) is 0 Å². The van der Waals surface area contributed by atoms with Crippen LogP contribution in [0.3, 0.4) is 0 Å². The Morgan fingerprint density at radius 3 is 3.18 bits per heavy atom. The number of rotatable bonds is 3. The molecular weight excluding hydrogens is 325 g/mol. The van der Waals surface area contributed by atoms with E-state index >= 15 is 0 Å². The Kier molecular flexibility index (Phi) is 3.56. The zero-order valence-corrected chi connectivity index (χ0v) is 12.2. The summed E-state index contributed by atoms with van der Waals surface area (Å²) in [5.74, 6) is 1.10. The third-order valence-electron chi connectivity index (χ3n) is 3.69. The van der Waals surface area contributed by atoms with E-state index in [0.29, 0.717) is 0 Å². The maximum atomic E-state index is 5.53. The molecule has 0 amide bonds. The van der Waals surface area contributed by atoms with Gasteiger partial charge in [0, 0.05) is 23.4 Å². The van der Waals surface area contributed by atoms with Crippen molar-refractivity contribution in [3.63, 3.8) is 0 Å². The SMILES string of the molecule is I[C@H]1CCN(CCc2ccc3c(c2)CCO3)C1. The van der Waals surface area contributed by atoms with Crippen LogP contribution in [0.5, 0.6) is 5.75 Å². The van der Waals surface area contributed by atoms with Gasteiger partial charge in [-0.3, -0.25) is 0 Å². The second-order valence-corrected chi connectivity index (χ2v) is 6.74. The molecule has 0 bridgehead atoms. The van der Waals surface area contributed by atoms with E-state index in [9.17, 15) is 0 Å². The summed E-state index contributed by atoms with van der Waals surface area (Å²) in [6, 6.07) is 6.70. The van der Waals surface area contributed by atoms with Crippen LogP contribution in [0.1, 0.15) is 17.5 Å². The molecule has 3 heteroatoms. The van der Waals surface area contributed by atoms with Crippen LogP contribution in [0.2, 0.25) is 0 Å². The molecule has 17 heavy (non-hydrogen) atoms. The monoisotopic (exact) mass is 343 g/mol. The van der Waals surface area contributed by atoms with Gasteiger partial charge in [0.1, 0.15) is 5.75 Å². The normalized spacial score (nSPS) is 23.7. The van der Waals surface area contributed by atoms with Gasteiger partial charge in [0.05, 0.1) is 6.61 Å². The second kappa shape index (κ2) is 5.14. The Labute approximate surface area is 116 Å². The van der Waals surface area contributed by atoms with Crippen LogP contribution in [0.4, 0.5) is 0 Å². The minimum absolute atomic E-state index is 0.862. The highest BCUT2D eigenvalue weighted by Crippen LogP contribution is 2.26. The van der Waals surface area contributed by atoms with Gasteiger partial charge in [0.2, 0.25) is 0 Å². The fraction of sp³-hybridized carbons (Fsp3) is 0.571. The number of fused-ring (bicyclic) bond motifs is 1. The van der Waals surface area contributed by atoms with E-state index in [1.54, 1.807) is 0 Å². The van der Waals surface area contributed by atoms with E-state index in [1.165, 1.54) is 43.6 Å². The second-order valence-electron chi connectivity index (χ2n) is 4.98. The number of alkyl halides is 1. The van der Waals surface area contributed by atoms with Gasteiger partial charge in [0.15, 0.2) is 0 Å². The number of hydrogen-bond acceptors (Lipinski definition) is 2. The van der Waals surface area contributed by atoms with Gasteiger partial charge in [-0.15, -0.1) is 0 Å². The molecule has 92 valence electrons. The number of hydrogen-bond donors (Lipinski definition) is 0. The topological polar surface area (TPSA) is 12.5 Å². The lowest BCUT2D eigenvalue weighted by Crippen LogP contribution is -2.23. The van der Waals surface area contributed by atoms with Crippen molar-refractivity contribution in [2.45, 2.75) is 23.2 Å². The number of likely N-dealkylation sites (tertiary alicyclic amines) is 1. The lowest BCUT2D eigenvalue weighted by atomic mass is 10.1. The molecule has 1 fully saturated rings. The number of benzene rings is 1. The predicted molar refractivity (Wildman–Crippen MR) is 78.2 cm³/mol. The van der Waals surface area contributed by atoms with Crippen LogP contribution < -0.4 is 4.74 Å². The van der Waals surface area contributed by atoms with Crippen molar-refractivity contribution in [3.05, 3.63) is 29.3 Å². The maximum Gasteiger partial charge on any atom is 0.122 e. The van der Waals surface area contributed by atoms with Crippen LogP contribution in [0.15, 0.2) is 18.2 Å². The number of halogens is 1. The van der Waals surface area contributed by atoms with Crippen LogP contribution in [-0.4, -0.2) is 35.1 Å². The molecule has 0 aliphatic carbocycles. The van der Waals surface area contributed by atoms with E-state index < -0.39 is 0 Å². The van der Waals surface area contributed by atoms with Crippen molar-refractivity contribution in [1.82, 2.24) is 4.90 Å². The van der Waals surface area contributed by atoms with Crippen molar-refractivity contribution >= 4 is 22.6 Å². The fourth-order valence-corrected chi connectivity index (χ4v) is 3.51. The van der Waals surface area contributed by atoms with E-state index in [1.807, 2.05) is 0 Å². The number of ether oxygens (including phenoxy) is 1. The first-order valence-corrected chi connectivity index (χ1v) is 7.67. The summed E-state index contributed by atoms with van der Waals surface area (Å²) in [6.07, 6.45) is 3.62. The van der Waals surface area contributed by atoms with E-state index in [-0.39, 0.29) is 0 Å². The molecule has 1 saturated heterocycles. The summed E-state index contributed by atoms with van der Waals surface area (Å²) < 4.78 is 6.40. The zero-order chi connectivity index (χ0) is 11.7. The highest BCUT2D eigenvalue weighted by Gasteiger charge is 2.19. The van der Waals surface area contributed by atoms with Crippen LogP contribution in [0, 0.1) is 0 Å². The molecule has 0 unspecified atom stereocenters. The third kappa shape index (κ3) is 2.76. The molecule has 0 radical (unpaired) electrons. The van der Waals surface area contributed by atoms with Crippen LogP contribution in [-0.2, 0) is 12.8 Å². The van der Waals surface area contributed by atoms with Crippen molar-refractivity contribution in [3.8, 4) is 5.75 Å². The Bertz CT molecular complexity index is 407. The van der Waals surface area contributed by atoms with Crippen molar-refractivity contribution in [1.29, 1.82) is 0 Å². The summed E-state index contributed by atoms with van der Waals surface area (Å²) in [4.78, 5) is 2.58. The Balaban J connectivity index is 1.58. The average molecular weight is 343 g/mol. The first kappa shape index (κ1) is 11.8. The smallest absolute Gasteiger partial charge is 0.122 e. The molecule has 0 spiro atoms. The average Bonchev–Trinajstić information content (AvgIpc) is 2.94.